The summed E-state index contributed by atoms with van der Waals surface area (Å²) in [5.41, 5.74) is 2.70. The Balaban J connectivity index is 1.32. The van der Waals surface area contributed by atoms with Gasteiger partial charge in [0.2, 0.25) is 0 Å². The van der Waals surface area contributed by atoms with Crippen molar-refractivity contribution in [3.8, 4) is 11.8 Å². The van der Waals surface area contributed by atoms with Crippen molar-refractivity contribution in [3.63, 3.8) is 0 Å². The second-order valence-electron chi connectivity index (χ2n) is 9.85. The summed E-state index contributed by atoms with van der Waals surface area (Å²) in [6.07, 6.45) is -1.25. The van der Waals surface area contributed by atoms with Crippen molar-refractivity contribution in [2.24, 2.45) is 0 Å². The van der Waals surface area contributed by atoms with Gasteiger partial charge in [0.1, 0.15) is 0 Å². The van der Waals surface area contributed by atoms with Gasteiger partial charge in [-0.3, -0.25) is 14.8 Å². The molecule has 0 saturated carbocycles. The molecule has 0 aliphatic carbocycles. The van der Waals surface area contributed by atoms with Gasteiger partial charge in [-0.05, 0) is 54.9 Å². The fourth-order valence-electron chi connectivity index (χ4n) is 4.71. The first-order chi connectivity index (χ1) is 19.2. The third-order valence-corrected chi connectivity index (χ3v) is 7.11. The molecule has 1 amide bonds. The average molecular weight is 547 g/mol. The number of fused-ring (bicyclic) bond motifs is 1. The van der Waals surface area contributed by atoms with Crippen LogP contribution in [0, 0.1) is 18.8 Å². The van der Waals surface area contributed by atoms with Crippen molar-refractivity contribution in [1.82, 2.24) is 25.0 Å². The van der Waals surface area contributed by atoms with Crippen molar-refractivity contribution < 1.29 is 18.0 Å². The lowest BCUT2D eigenvalue weighted by atomic mass is 10.0. The predicted molar refractivity (Wildman–Crippen MR) is 148 cm³/mol. The zero-order valence-electron chi connectivity index (χ0n) is 22.3. The van der Waals surface area contributed by atoms with E-state index in [4.69, 9.17) is 0 Å². The van der Waals surface area contributed by atoms with E-state index < -0.39 is 17.6 Å². The first-order valence-corrected chi connectivity index (χ1v) is 13.1. The van der Waals surface area contributed by atoms with Crippen molar-refractivity contribution in [3.05, 3.63) is 88.2 Å². The van der Waals surface area contributed by atoms with Crippen LogP contribution < -0.4 is 5.32 Å². The molecule has 0 radical (unpaired) electrons. The summed E-state index contributed by atoms with van der Waals surface area (Å²) in [4.78, 5) is 21.6. The number of aromatic nitrogens is 3. The first kappa shape index (κ1) is 27.4. The minimum atomic E-state index is -4.54. The van der Waals surface area contributed by atoms with Crippen LogP contribution in [0.1, 0.15) is 45.1 Å². The lowest BCUT2D eigenvalue weighted by molar-refractivity contribution is -0.138. The summed E-state index contributed by atoms with van der Waals surface area (Å²) in [5.74, 6) is 5.61. The number of nitrogens with zero attached hydrogens (tertiary/aromatic N) is 4. The monoisotopic (exact) mass is 546 g/mol. The van der Waals surface area contributed by atoms with E-state index in [9.17, 15) is 18.0 Å². The van der Waals surface area contributed by atoms with Crippen molar-refractivity contribution in [2.45, 2.75) is 26.6 Å². The molecule has 7 nitrogen and oxygen atoms in total. The topological polar surface area (TPSA) is 77.1 Å². The molecule has 40 heavy (non-hydrogen) atoms. The molecule has 4 aromatic rings. The number of rotatable bonds is 5. The van der Waals surface area contributed by atoms with Crippen LogP contribution in [-0.4, -0.2) is 63.6 Å². The molecule has 1 saturated heterocycles. The van der Waals surface area contributed by atoms with E-state index in [0.29, 0.717) is 22.3 Å². The lowest BCUT2D eigenvalue weighted by Gasteiger charge is -2.34. The molecule has 3 heterocycles. The van der Waals surface area contributed by atoms with Crippen molar-refractivity contribution in [1.29, 1.82) is 0 Å². The smallest absolute Gasteiger partial charge is 0.322 e. The minimum Gasteiger partial charge on any atom is -0.322 e. The Hall–Kier alpha value is -4.20. The second kappa shape index (κ2) is 11.5. The molecule has 0 atom stereocenters. The fourth-order valence-corrected chi connectivity index (χ4v) is 4.71. The fraction of sp³-hybridized carbons (Fsp3) is 0.300. The van der Waals surface area contributed by atoms with Crippen LogP contribution in [0.15, 0.2) is 54.9 Å². The number of anilines is 1. The number of carbonyl (C=O) groups is 1. The van der Waals surface area contributed by atoms with E-state index in [-0.39, 0.29) is 17.8 Å². The first-order valence-electron chi connectivity index (χ1n) is 13.1. The minimum absolute atomic E-state index is 0.0876. The summed E-state index contributed by atoms with van der Waals surface area (Å²) in [5, 5.41) is 10.2. The summed E-state index contributed by atoms with van der Waals surface area (Å²) in [6, 6.07) is 10.9. The standard InChI is InChI=1S/C30H29F3N6O/c1-3-38-10-12-39(13-11-38)19-24-8-9-26(16-27(24)30(31,32)33)36-29(40)23-6-4-20(2)22(15-23)7-5-21-14-25-18-35-37-28(25)34-17-21/h4,6,8-9,14-18H,3,10-13,19H2,1-2H3,(H,36,40)(H,34,35,37). The number of piperazine rings is 1. The summed E-state index contributed by atoms with van der Waals surface area (Å²) in [6.45, 7) is 8.22. The third kappa shape index (κ3) is 6.33. The van der Waals surface area contributed by atoms with E-state index >= 15 is 0 Å². The molecular weight excluding hydrogens is 517 g/mol. The number of carbonyl (C=O) groups excluding carboxylic acids is 1. The van der Waals surface area contributed by atoms with E-state index in [0.717, 1.165) is 49.7 Å². The molecular formula is C30H29F3N6O. The number of hydrogen-bond donors (Lipinski definition) is 2. The van der Waals surface area contributed by atoms with Gasteiger partial charge < -0.3 is 10.2 Å². The average Bonchev–Trinajstić information content (AvgIpc) is 3.41. The molecule has 0 bridgehead atoms. The maximum Gasteiger partial charge on any atom is 0.416 e. The third-order valence-electron chi connectivity index (χ3n) is 7.11. The highest BCUT2D eigenvalue weighted by atomic mass is 19.4. The number of halogens is 3. The Labute approximate surface area is 230 Å². The lowest BCUT2D eigenvalue weighted by Crippen LogP contribution is -2.45. The number of H-pyrrole nitrogens is 1. The van der Waals surface area contributed by atoms with Gasteiger partial charge in [-0.1, -0.05) is 30.9 Å². The zero-order chi connectivity index (χ0) is 28.3. The zero-order valence-corrected chi connectivity index (χ0v) is 22.3. The summed E-state index contributed by atoms with van der Waals surface area (Å²) in [7, 11) is 0. The number of hydrogen-bond acceptors (Lipinski definition) is 5. The number of nitrogens with one attached hydrogen (secondary N) is 2. The van der Waals surface area contributed by atoms with E-state index in [1.165, 1.54) is 12.1 Å². The second-order valence-corrected chi connectivity index (χ2v) is 9.85. The normalized spacial score (nSPS) is 14.6. The van der Waals surface area contributed by atoms with E-state index in [1.54, 1.807) is 30.6 Å². The molecule has 0 unspecified atom stereocenters. The Morgan fingerprint density at radius 3 is 2.55 bits per heavy atom. The number of aryl methyl sites for hydroxylation is 1. The molecule has 10 heteroatoms. The van der Waals surface area contributed by atoms with Gasteiger partial charge in [0.15, 0.2) is 5.65 Å². The maximum absolute atomic E-state index is 14.0. The van der Waals surface area contributed by atoms with Gasteiger partial charge in [0, 0.05) is 66.7 Å². The van der Waals surface area contributed by atoms with Crippen molar-refractivity contribution in [2.75, 3.05) is 38.0 Å². The van der Waals surface area contributed by atoms with Crippen LogP contribution in [-0.2, 0) is 12.7 Å². The molecule has 1 aliphatic heterocycles. The molecule has 2 aromatic carbocycles. The SMILES string of the molecule is CCN1CCN(Cc2ccc(NC(=O)c3ccc(C)c(C#Cc4cnc5[nH]ncc5c4)c3)cc2C(F)(F)F)CC1. The van der Waals surface area contributed by atoms with Crippen LogP contribution in [0.5, 0.6) is 0 Å². The quantitative estimate of drug-likeness (QED) is 0.342. The van der Waals surface area contributed by atoms with Crippen molar-refractivity contribution >= 4 is 22.6 Å². The molecule has 0 spiro atoms. The molecule has 1 aliphatic rings. The van der Waals surface area contributed by atoms with Crippen LogP contribution in [0.4, 0.5) is 18.9 Å². The molecule has 2 N–H and O–H groups in total. The van der Waals surface area contributed by atoms with Gasteiger partial charge >= 0.3 is 6.18 Å². The maximum atomic E-state index is 14.0. The summed E-state index contributed by atoms with van der Waals surface area (Å²) >= 11 is 0. The number of pyridine rings is 1. The van der Waals surface area contributed by atoms with Gasteiger partial charge in [-0.25, -0.2) is 4.98 Å². The van der Waals surface area contributed by atoms with Crippen LogP contribution in [0.25, 0.3) is 11.0 Å². The van der Waals surface area contributed by atoms with E-state index in [2.05, 4.69) is 44.2 Å². The molecule has 1 fully saturated rings. The Morgan fingerprint density at radius 1 is 1.02 bits per heavy atom. The highest BCUT2D eigenvalue weighted by molar-refractivity contribution is 6.04. The highest BCUT2D eigenvalue weighted by Gasteiger charge is 2.34. The van der Waals surface area contributed by atoms with Gasteiger partial charge in [0.05, 0.1) is 11.8 Å². The number of benzene rings is 2. The van der Waals surface area contributed by atoms with Crippen LogP contribution in [0.2, 0.25) is 0 Å². The Kier molecular flexibility index (Phi) is 7.87. The largest absolute Gasteiger partial charge is 0.416 e. The number of amides is 1. The Bertz CT molecular complexity index is 1590. The number of alkyl halides is 3. The number of likely N-dealkylation sites (N-methyl/N-ethyl adjacent to an activating group) is 1. The van der Waals surface area contributed by atoms with Gasteiger partial charge in [0.25, 0.3) is 5.91 Å². The predicted octanol–water partition coefficient (Wildman–Crippen LogP) is 5.07. The van der Waals surface area contributed by atoms with Crippen LogP contribution >= 0.6 is 0 Å². The van der Waals surface area contributed by atoms with Crippen LogP contribution in [0.3, 0.4) is 0 Å². The number of aromatic amines is 1. The summed E-state index contributed by atoms with van der Waals surface area (Å²) < 4.78 is 42.0. The Morgan fingerprint density at radius 2 is 1.80 bits per heavy atom. The molecule has 5 rings (SSSR count). The van der Waals surface area contributed by atoms with E-state index in [1.807, 2.05) is 17.9 Å². The highest BCUT2D eigenvalue weighted by Crippen LogP contribution is 2.34. The molecule has 206 valence electrons. The van der Waals surface area contributed by atoms with Gasteiger partial charge in [-0.2, -0.15) is 18.3 Å². The molecule has 2 aromatic heterocycles. The van der Waals surface area contributed by atoms with Gasteiger partial charge in [-0.15, -0.1) is 0 Å².